The Morgan fingerprint density at radius 3 is 2.70 bits per heavy atom. The van der Waals surface area contributed by atoms with Gasteiger partial charge in [0.1, 0.15) is 0 Å². The molecule has 0 spiro atoms. The van der Waals surface area contributed by atoms with Gasteiger partial charge in [-0.3, -0.25) is 9.69 Å². The Morgan fingerprint density at radius 1 is 1.22 bits per heavy atom. The number of hydrogen-bond donors (Lipinski definition) is 0. The second-order valence-electron chi connectivity index (χ2n) is 6.83. The minimum atomic E-state index is -0.0569. The van der Waals surface area contributed by atoms with Crippen LogP contribution in [0.5, 0.6) is 0 Å². The maximum absolute atomic E-state index is 12.7. The molecule has 0 saturated carbocycles. The Labute approximate surface area is 162 Å². The van der Waals surface area contributed by atoms with Gasteiger partial charge < -0.3 is 9.42 Å². The zero-order chi connectivity index (χ0) is 18.6. The molecule has 1 aliphatic rings. The van der Waals surface area contributed by atoms with Crippen molar-refractivity contribution in [2.24, 2.45) is 0 Å². The summed E-state index contributed by atoms with van der Waals surface area (Å²) in [5.41, 5.74) is 1.91. The van der Waals surface area contributed by atoms with Crippen LogP contribution in [0.1, 0.15) is 34.7 Å². The van der Waals surface area contributed by atoms with Crippen molar-refractivity contribution >= 4 is 17.2 Å². The van der Waals surface area contributed by atoms with E-state index in [1.807, 2.05) is 41.8 Å². The third-order valence-electron chi connectivity index (χ3n) is 4.73. The number of carbonyl (C=O) groups is 1. The Morgan fingerprint density at radius 2 is 2.00 bits per heavy atom. The van der Waals surface area contributed by atoms with E-state index in [0.717, 1.165) is 11.4 Å². The van der Waals surface area contributed by atoms with Gasteiger partial charge in [0.05, 0.1) is 11.4 Å². The lowest BCUT2D eigenvalue weighted by Gasteiger charge is -2.16. The zero-order valence-electron chi connectivity index (χ0n) is 15.3. The van der Waals surface area contributed by atoms with Crippen LogP contribution >= 0.6 is 11.3 Å². The molecule has 2 aromatic heterocycles. The van der Waals surface area contributed by atoms with E-state index in [2.05, 4.69) is 15.0 Å². The highest BCUT2D eigenvalue weighted by Crippen LogP contribution is 2.21. The number of aromatic nitrogens is 2. The van der Waals surface area contributed by atoms with E-state index in [1.54, 1.807) is 23.3 Å². The van der Waals surface area contributed by atoms with Crippen LogP contribution < -0.4 is 0 Å². The second-order valence-corrected chi connectivity index (χ2v) is 7.78. The van der Waals surface area contributed by atoms with Gasteiger partial charge in [-0.2, -0.15) is 4.98 Å². The monoisotopic (exact) mass is 382 g/mol. The fraction of sp³-hybridized carbons (Fsp3) is 0.350. The van der Waals surface area contributed by atoms with Crippen LogP contribution in [-0.4, -0.2) is 46.0 Å². The van der Waals surface area contributed by atoms with E-state index in [-0.39, 0.29) is 12.5 Å². The van der Waals surface area contributed by atoms with E-state index in [1.165, 1.54) is 31.5 Å². The van der Waals surface area contributed by atoms with Gasteiger partial charge in [-0.25, -0.2) is 0 Å². The molecular formula is C20H22N4O2S. The molecule has 3 heterocycles. The first-order valence-corrected chi connectivity index (χ1v) is 10.0. The Hall–Kier alpha value is -2.51. The number of thiophene rings is 1. The molecule has 1 saturated heterocycles. The van der Waals surface area contributed by atoms with Crippen molar-refractivity contribution in [1.29, 1.82) is 0 Å². The highest BCUT2D eigenvalue weighted by atomic mass is 32.1. The number of likely N-dealkylation sites (tertiary alicyclic amines) is 1. The molecule has 0 N–H and O–H groups in total. The first-order chi connectivity index (χ1) is 13.2. The van der Waals surface area contributed by atoms with Crippen molar-refractivity contribution in [1.82, 2.24) is 19.9 Å². The standard InChI is InChI=1S/C20H22N4O2S/c1-23(14-18-21-19(22-26-18)17-5-4-12-27-17)20(25)16-8-6-15(7-9-16)13-24-10-2-3-11-24/h4-9,12H,2-3,10-11,13-14H2,1H3. The number of amides is 1. The van der Waals surface area contributed by atoms with Crippen molar-refractivity contribution in [2.45, 2.75) is 25.9 Å². The summed E-state index contributed by atoms with van der Waals surface area (Å²) in [5, 5.41) is 5.95. The highest BCUT2D eigenvalue weighted by molar-refractivity contribution is 7.13. The van der Waals surface area contributed by atoms with Gasteiger partial charge in [0.2, 0.25) is 11.7 Å². The van der Waals surface area contributed by atoms with Crippen LogP contribution in [0.2, 0.25) is 0 Å². The van der Waals surface area contributed by atoms with Crippen molar-refractivity contribution < 1.29 is 9.32 Å². The summed E-state index contributed by atoms with van der Waals surface area (Å²) < 4.78 is 5.28. The fourth-order valence-electron chi connectivity index (χ4n) is 3.27. The molecule has 1 aliphatic heterocycles. The molecule has 4 rings (SSSR count). The lowest BCUT2D eigenvalue weighted by atomic mass is 10.1. The smallest absolute Gasteiger partial charge is 0.254 e. The van der Waals surface area contributed by atoms with Crippen molar-refractivity contribution in [2.75, 3.05) is 20.1 Å². The van der Waals surface area contributed by atoms with Gasteiger partial charge in [-0.05, 0) is 55.1 Å². The normalized spacial score (nSPS) is 14.6. The molecule has 0 aliphatic carbocycles. The Balaban J connectivity index is 1.37. The Bertz CT molecular complexity index is 883. The molecule has 6 nitrogen and oxygen atoms in total. The fourth-order valence-corrected chi connectivity index (χ4v) is 3.92. The van der Waals surface area contributed by atoms with Gasteiger partial charge in [-0.15, -0.1) is 11.3 Å². The molecule has 0 bridgehead atoms. The summed E-state index contributed by atoms with van der Waals surface area (Å²) >= 11 is 1.55. The van der Waals surface area contributed by atoms with E-state index in [9.17, 15) is 4.79 Å². The van der Waals surface area contributed by atoms with Crippen LogP contribution in [0.25, 0.3) is 10.7 Å². The number of rotatable bonds is 6. The summed E-state index contributed by atoms with van der Waals surface area (Å²) in [7, 11) is 1.75. The van der Waals surface area contributed by atoms with Gasteiger partial charge in [-0.1, -0.05) is 23.4 Å². The number of hydrogen-bond acceptors (Lipinski definition) is 6. The number of benzene rings is 1. The van der Waals surface area contributed by atoms with Crippen LogP contribution in [0.3, 0.4) is 0 Å². The molecule has 1 amide bonds. The second kappa shape index (κ2) is 8.02. The largest absolute Gasteiger partial charge is 0.337 e. The van der Waals surface area contributed by atoms with Gasteiger partial charge in [0, 0.05) is 19.2 Å². The molecule has 1 fully saturated rings. The summed E-state index contributed by atoms with van der Waals surface area (Å²) in [6.45, 7) is 3.58. The number of carbonyl (C=O) groups excluding carboxylic acids is 1. The van der Waals surface area contributed by atoms with Crippen LogP contribution in [0.4, 0.5) is 0 Å². The van der Waals surface area contributed by atoms with Crippen molar-refractivity contribution in [3.63, 3.8) is 0 Å². The summed E-state index contributed by atoms with van der Waals surface area (Å²) in [6.07, 6.45) is 2.57. The van der Waals surface area contributed by atoms with E-state index >= 15 is 0 Å². The maximum Gasteiger partial charge on any atom is 0.254 e. The maximum atomic E-state index is 12.7. The lowest BCUT2D eigenvalue weighted by molar-refractivity contribution is 0.0769. The van der Waals surface area contributed by atoms with Crippen LogP contribution in [-0.2, 0) is 13.1 Å². The van der Waals surface area contributed by atoms with E-state index in [0.29, 0.717) is 17.3 Å². The molecule has 140 valence electrons. The molecule has 27 heavy (non-hydrogen) atoms. The minimum Gasteiger partial charge on any atom is -0.337 e. The average molecular weight is 382 g/mol. The van der Waals surface area contributed by atoms with Crippen molar-refractivity contribution in [3.05, 3.63) is 58.8 Å². The average Bonchev–Trinajstić information content (AvgIpc) is 3.44. The molecule has 0 radical (unpaired) electrons. The molecule has 7 heteroatoms. The third kappa shape index (κ3) is 4.26. The predicted molar refractivity (Wildman–Crippen MR) is 104 cm³/mol. The van der Waals surface area contributed by atoms with Gasteiger partial charge in [0.15, 0.2) is 0 Å². The van der Waals surface area contributed by atoms with Crippen LogP contribution in [0.15, 0.2) is 46.3 Å². The topological polar surface area (TPSA) is 62.5 Å². The lowest BCUT2D eigenvalue weighted by Crippen LogP contribution is -2.26. The van der Waals surface area contributed by atoms with Gasteiger partial charge >= 0.3 is 0 Å². The summed E-state index contributed by atoms with van der Waals surface area (Å²) in [6, 6.07) is 11.8. The van der Waals surface area contributed by atoms with Gasteiger partial charge in [0.25, 0.3) is 5.91 Å². The molecule has 0 unspecified atom stereocenters. The quantitative estimate of drug-likeness (QED) is 0.651. The predicted octanol–water partition coefficient (Wildman–Crippen LogP) is 3.67. The molecular weight excluding hydrogens is 360 g/mol. The van der Waals surface area contributed by atoms with E-state index < -0.39 is 0 Å². The molecule has 0 atom stereocenters. The Kier molecular flexibility index (Phi) is 5.31. The van der Waals surface area contributed by atoms with E-state index in [4.69, 9.17) is 4.52 Å². The minimum absolute atomic E-state index is 0.0569. The first kappa shape index (κ1) is 17.9. The van der Waals surface area contributed by atoms with Crippen LogP contribution in [0, 0.1) is 0 Å². The highest BCUT2D eigenvalue weighted by Gasteiger charge is 2.17. The summed E-state index contributed by atoms with van der Waals surface area (Å²) in [5.74, 6) is 0.936. The van der Waals surface area contributed by atoms with Crippen molar-refractivity contribution in [3.8, 4) is 10.7 Å². The SMILES string of the molecule is CN(Cc1nc(-c2cccs2)no1)C(=O)c1ccc(CN2CCCC2)cc1. The first-order valence-electron chi connectivity index (χ1n) is 9.12. The molecule has 1 aromatic carbocycles. The third-order valence-corrected chi connectivity index (χ3v) is 5.60. The molecule has 3 aromatic rings. The summed E-state index contributed by atoms with van der Waals surface area (Å²) in [4.78, 5) is 22.0. The zero-order valence-corrected chi connectivity index (χ0v) is 16.1. The number of nitrogens with zero attached hydrogens (tertiary/aromatic N) is 4.